The second kappa shape index (κ2) is 6.48. The predicted molar refractivity (Wildman–Crippen MR) is 85.7 cm³/mol. The van der Waals surface area contributed by atoms with E-state index in [1.165, 1.54) is 5.56 Å². The van der Waals surface area contributed by atoms with Crippen LogP contribution in [0.3, 0.4) is 0 Å². The molecule has 0 bridgehead atoms. The highest BCUT2D eigenvalue weighted by Crippen LogP contribution is 2.25. The summed E-state index contributed by atoms with van der Waals surface area (Å²) >= 11 is 17.0. The van der Waals surface area contributed by atoms with Crippen molar-refractivity contribution < 1.29 is 0 Å². The first-order chi connectivity index (χ1) is 9.52. The number of halogens is 2. The average molecular weight is 326 g/mol. The van der Waals surface area contributed by atoms with Gasteiger partial charge in [-0.15, -0.1) is 6.58 Å². The lowest BCUT2D eigenvalue weighted by Crippen LogP contribution is -2.10. The zero-order valence-corrected chi connectivity index (χ0v) is 13.2. The van der Waals surface area contributed by atoms with Crippen molar-refractivity contribution in [1.82, 2.24) is 14.5 Å². The van der Waals surface area contributed by atoms with Crippen LogP contribution in [0.2, 0.25) is 0 Å². The molecule has 0 radical (unpaired) electrons. The first kappa shape index (κ1) is 15.2. The van der Waals surface area contributed by atoms with Gasteiger partial charge < -0.3 is 0 Å². The smallest absolute Gasteiger partial charge is 0.203 e. The molecule has 1 heterocycles. The number of rotatable bonds is 4. The molecule has 0 unspecified atom stereocenters. The standard InChI is InChI=1S/C14H13Cl2N3S/c1-3-8-19-13(10-6-4-9(2)5-7-10)17-12(11(15)16)18-14(19)20/h3-7,11H,1,8H2,2H3. The molecule has 2 aromatic rings. The lowest BCUT2D eigenvalue weighted by molar-refractivity contribution is 0.733. The second-order valence-corrected chi connectivity index (χ2v) is 5.72. The molecule has 104 valence electrons. The fourth-order valence-corrected chi connectivity index (χ4v) is 2.21. The quantitative estimate of drug-likeness (QED) is 0.466. The molecule has 0 saturated carbocycles. The van der Waals surface area contributed by atoms with Gasteiger partial charge in [0.25, 0.3) is 0 Å². The van der Waals surface area contributed by atoms with Crippen LogP contribution >= 0.6 is 35.4 Å². The molecule has 0 N–H and O–H groups in total. The minimum Gasteiger partial charge on any atom is -0.297 e. The van der Waals surface area contributed by atoms with Gasteiger partial charge >= 0.3 is 0 Å². The molecule has 20 heavy (non-hydrogen) atoms. The molecular formula is C14H13Cl2N3S. The SMILES string of the molecule is C=CCn1c(-c2ccc(C)cc2)nc(C(Cl)Cl)nc1=S. The topological polar surface area (TPSA) is 30.7 Å². The summed E-state index contributed by atoms with van der Waals surface area (Å²) in [5.74, 6) is 1.00. The van der Waals surface area contributed by atoms with Gasteiger partial charge in [0.1, 0.15) is 5.82 Å². The maximum atomic E-state index is 5.85. The first-order valence-electron chi connectivity index (χ1n) is 5.97. The monoisotopic (exact) mass is 325 g/mol. The molecule has 0 saturated heterocycles. The number of aromatic nitrogens is 3. The molecule has 0 aliphatic carbocycles. The average Bonchev–Trinajstić information content (AvgIpc) is 2.41. The third-order valence-electron chi connectivity index (χ3n) is 2.73. The fraction of sp³-hybridized carbons (Fsp3) is 0.214. The third kappa shape index (κ3) is 3.26. The summed E-state index contributed by atoms with van der Waals surface area (Å²) in [5, 5.41) is 0. The van der Waals surface area contributed by atoms with Crippen LogP contribution in [0.5, 0.6) is 0 Å². The van der Waals surface area contributed by atoms with E-state index in [2.05, 4.69) is 16.5 Å². The van der Waals surface area contributed by atoms with E-state index >= 15 is 0 Å². The van der Waals surface area contributed by atoms with E-state index in [1.54, 1.807) is 10.6 Å². The van der Waals surface area contributed by atoms with Crippen molar-refractivity contribution in [3.8, 4) is 11.4 Å². The van der Waals surface area contributed by atoms with E-state index in [-0.39, 0.29) is 0 Å². The highest BCUT2D eigenvalue weighted by molar-refractivity contribution is 7.71. The van der Waals surface area contributed by atoms with E-state index in [9.17, 15) is 0 Å². The van der Waals surface area contributed by atoms with Gasteiger partial charge in [0, 0.05) is 12.1 Å². The van der Waals surface area contributed by atoms with E-state index < -0.39 is 4.84 Å². The van der Waals surface area contributed by atoms with Crippen LogP contribution in [0.15, 0.2) is 36.9 Å². The van der Waals surface area contributed by atoms with Crippen molar-refractivity contribution in [2.24, 2.45) is 0 Å². The number of aryl methyl sites for hydroxylation is 1. The highest BCUT2D eigenvalue weighted by atomic mass is 35.5. The first-order valence-corrected chi connectivity index (χ1v) is 7.26. The Morgan fingerprint density at radius 2 is 1.95 bits per heavy atom. The lowest BCUT2D eigenvalue weighted by Gasteiger charge is -2.13. The molecule has 2 rings (SSSR count). The van der Waals surface area contributed by atoms with Crippen molar-refractivity contribution in [1.29, 1.82) is 0 Å². The zero-order chi connectivity index (χ0) is 14.7. The van der Waals surface area contributed by atoms with Crippen LogP contribution in [0.25, 0.3) is 11.4 Å². The summed E-state index contributed by atoms with van der Waals surface area (Å²) in [5.41, 5.74) is 2.10. The van der Waals surface area contributed by atoms with Gasteiger partial charge in [-0.2, -0.15) is 0 Å². The predicted octanol–water partition coefficient (Wildman–Crippen LogP) is 4.65. The van der Waals surface area contributed by atoms with E-state index in [0.29, 0.717) is 23.0 Å². The summed E-state index contributed by atoms with van der Waals surface area (Å²) in [7, 11) is 0. The maximum absolute atomic E-state index is 5.85. The van der Waals surface area contributed by atoms with Crippen molar-refractivity contribution >= 4 is 35.4 Å². The van der Waals surface area contributed by atoms with E-state index in [1.807, 2.05) is 31.2 Å². The highest BCUT2D eigenvalue weighted by Gasteiger charge is 2.13. The molecule has 0 atom stereocenters. The van der Waals surface area contributed by atoms with Gasteiger partial charge in [0.2, 0.25) is 4.77 Å². The van der Waals surface area contributed by atoms with Crippen LogP contribution < -0.4 is 0 Å². The van der Waals surface area contributed by atoms with Gasteiger partial charge in [0.05, 0.1) is 0 Å². The van der Waals surface area contributed by atoms with E-state index in [0.717, 1.165) is 5.56 Å². The van der Waals surface area contributed by atoms with Crippen molar-refractivity contribution in [2.45, 2.75) is 18.3 Å². The molecular weight excluding hydrogens is 313 g/mol. The van der Waals surface area contributed by atoms with Crippen LogP contribution in [0.1, 0.15) is 16.2 Å². The Morgan fingerprint density at radius 1 is 1.30 bits per heavy atom. The Morgan fingerprint density at radius 3 is 2.50 bits per heavy atom. The Bertz CT molecular complexity index is 678. The number of alkyl halides is 2. The van der Waals surface area contributed by atoms with Gasteiger partial charge in [-0.3, -0.25) is 4.57 Å². The zero-order valence-electron chi connectivity index (χ0n) is 10.9. The molecule has 1 aromatic heterocycles. The molecule has 0 fully saturated rings. The number of benzene rings is 1. The largest absolute Gasteiger partial charge is 0.297 e. The molecule has 6 heteroatoms. The Balaban J connectivity index is 2.67. The lowest BCUT2D eigenvalue weighted by atomic mass is 10.1. The number of nitrogens with zero attached hydrogens (tertiary/aromatic N) is 3. The van der Waals surface area contributed by atoms with Crippen molar-refractivity contribution in [3.63, 3.8) is 0 Å². The number of hydrogen-bond donors (Lipinski definition) is 0. The molecule has 0 aliphatic rings. The van der Waals surface area contributed by atoms with Gasteiger partial charge in [-0.05, 0) is 19.1 Å². The normalized spacial score (nSPS) is 10.8. The minimum absolute atomic E-state index is 0.314. The van der Waals surface area contributed by atoms with Gasteiger partial charge in [-0.25, -0.2) is 9.97 Å². The minimum atomic E-state index is -0.806. The molecule has 3 nitrogen and oxygen atoms in total. The summed E-state index contributed by atoms with van der Waals surface area (Å²) < 4.78 is 2.18. The van der Waals surface area contributed by atoms with Crippen LogP contribution in [-0.4, -0.2) is 14.5 Å². The van der Waals surface area contributed by atoms with Crippen LogP contribution in [0, 0.1) is 11.7 Å². The fourth-order valence-electron chi connectivity index (χ4n) is 1.76. The summed E-state index contributed by atoms with van der Waals surface area (Å²) in [4.78, 5) is 7.77. The molecule has 1 aromatic carbocycles. The number of hydrogen-bond acceptors (Lipinski definition) is 3. The molecule has 0 spiro atoms. The Hall–Kier alpha value is -1.23. The van der Waals surface area contributed by atoms with Crippen molar-refractivity contribution in [2.75, 3.05) is 0 Å². The van der Waals surface area contributed by atoms with Gasteiger partial charge in [-0.1, -0.05) is 59.1 Å². The summed E-state index contributed by atoms with van der Waals surface area (Å²) in [6.45, 7) is 6.28. The van der Waals surface area contributed by atoms with Crippen LogP contribution in [-0.2, 0) is 6.54 Å². The molecule has 0 aliphatic heterocycles. The maximum Gasteiger partial charge on any atom is 0.203 e. The Labute approximate surface area is 132 Å². The van der Waals surface area contributed by atoms with Crippen LogP contribution in [0.4, 0.5) is 0 Å². The summed E-state index contributed by atoms with van der Waals surface area (Å²) in [6.07, 6.45) is 1.75. The summed E-state index contributed by atoms with van der Waals surface area (Å²) in [6, 6.07) is 7.98. The third-order valence-corrected chi connectivity index (χ3v) is 3.44. The van der Waals surface area contributed by atoms with Crippen molar-refractivity contribution in [3.05, 3.63) is 53.1 Å². The second-order valence-electron chi connectivity index (χ2n) is 4.25. The molecule has 0 amide bonds. The van der Waals surface area contributed by atoms with E-state index in [4.69, 9.17) is 35.4 Å². The van der Waals surface area contributed by atoms with Gasteiger partial charge in [0.15, 0.2) is 10.7 Å². The Kier molecular flexibility index (Phi) is 4.91. The number of allylic oxidation sites excluding steroid dienone is 1.